The van der Waals surface area contributed by atoms with Crippen LogP contribution in [0.3, 0.4) is 0 Å². The Morgan fingerprint density at radius 3 is 2.06 bits per heavy atom. The van der Waals surface area contributed by atoms with E-state index in [2.05, 4.69) is 17.2 Å². The van der Waals surface area contributed by atoms with Crippen LogP contribution in [0.5, 0.6) is 0 Å². The number of ether oxygens (including phenoxy) is 2. The minimum absolute atomic E-state index is 0.131. The average molecular weight is 237 g/mol. The summed E-state index contributed by atoms with van der Waals surface area (Å²) in [4.78, 5) is 11.9. The van der Waals surface area contributed by atoms with E-state index < -0.39 is 5.41 Å². The van der Waals surface area contributed by atoms with Crippen LogP contribution in [0, 0.1) is 30.1 Å². The zero-order valence-electron chi connectivity index (χ0n) is 10.4. The molecule has 1 amide bonds. The van der Waals surface area contributed by atoms with E-state index >= 15 is 0 Å². The van der Waals surface area contributed by atoms with Crippen LogP contribution in [0.15, 0.2) is 0 Å². The van der Waals surface area contributed by atoms with Crippen LogP contribution in [0.1, 0.15) is 13.8 Å². The van der Waals surface area contributed by atoms with E-state index in [9.17, 15) is 4.79 Å². The van der Waals surface area contributed by atoms with Crippen molar-refractivity contribution in [1.29, 1.82) is 0 Å². The number of terminal acetylenes is 2. The van der Waals surface area contributed by atoms with Gasteiger partial charge in [0.2, 0.25) is 5.91 Å². The molecule has 0 aromatic rings. The van der Waals surface area contributed by atoms with Crippen molar-refractivity contribution in [3.8, 4) is 24.7 Å². The van der Waals surface area contributed by atoms with E-state index in [1.807, 2.05) is 6.92 Å². The molecule has 0 aliphatic heterocycles. The van der Waals surface area contributed by atoms with Crippen molar-refractivity contribution in [2.45, 2.75) is 13.8 Å². The first-order chi connectivity index (χ1) is 8.10. The van der Waals surface area contributed by atoms with Gasteiger partial charge in [-0.15, -0.1) is 12.8 Å². The number of nitrogens with one attached hydrogen (secondary N) is 1. The Hall–Kier alpha value is -1.49. The van der Waals surface area contributed by atoms with Crippen molar-refractivity contribution in [2.24, 2.45) is 5.41 Å². The summed E-state index contributed by atoms with van der Waals surface area (Å²) in [6.07, 6.45) is 10.2. The predicted octanol–water partition coefficient (Wildman–Crippen LogP) is 0.428. The Morgan fingerprint density at radius 2 is 1.71 bits per heavy atom. The molecule has 4 heteroatoms. The number of carbonyl (C=O) groups is 1. The molecule has 0 spiro atoms. The highest BCUT2D eigenvalue weighted by atomic mass is 16.5. The molecule has 0 atom stereocenters. The highest BCUT2D eigenvalue weighted by Crippen LogP contribution is 2.17. The highest BCUT2D eigenvalue weighted by Gasteiger charge is 2.33. The van der Waals surface area contributed by atoms with Crippen molar-refractivity contribution in [1.82, 2.24) is 5.32 Å². The van der Waals surface area contributed by atoms with Crippen LogP contribution < -0.4 is 5.32 Å². The second kappa shape index (κ2) is 8.64. The minimum Gasteiger partial charge on any atom is -0.368 e. The fourth-order valence-corrected chi connectivity index (χ4v) is 1.22. The minimum atomic E-state index is -0.774. The van der Waals surface area contributed by atoms with E-state index in [0.29, 0.717) is 6.54 Å². The summed E-state index contributed by atoms with van der Waals surface area (Å²) in [6.45, 7) is 4.90. The Bertz CT molecular complexity index is 292. The van der Waals surface area contributed by atoms with Gasteiger partial charge in [0.1, 0.15) is 13.2 Å². The quantitative estimate of drug-likeness (QED) is 0.492. The SMILES string of the molecule is C#CCOCC(C)(COCC#C)C(=O)NCC. The van der Waals surface area contributed by atoms with Crippen LogP contribution in [0.25, 0.3) is 0 Å². The van der Waals surface area contributed by atoms with Crippen LogP contribution in [-0.2, 0) is 14.3 Å². The smallest absolute Gasteiger partial charge is 0.230 e. The number of amides is 1. The predicted molar refractivity (Wildman–Crippen MR) is 66.1 cm³/mol. The van der Waals surface area contributed by atoms with Crippen molar-refractivity contribution < 1.29 is 14.3 Å². The Labute approximate surface area is 103 Å². The molecule has 4 nitrogen and oxygen atoms in total. The van der Waals surface area contributed by atoms with Gasteiger partial charge < -0.3 is 14.8 Å². The lowest BCUT2D eigenvalue weighted by Crippen LogP contribution is -2.45. The maximum atomic E-state index is 11.9. The molecule has 0 saturated carbocycles. The summed E-state index contributed by atoms with van der Waals surface area (Å²) >= 11 is 0. The number of rotatable bonds is 8. The van der Waals surface area contributed by atoms with E-state index in [0.717, 1.165) is 0 Å². The third kappa shape index (κ3) is 5.97. The summed E-state index contributed by atoms with van der Waals surface area (Å²) in [6, 6.07) is 0. The van der Waals surface area contributed by atoms with Crippen LogP contribution in [0.2, 0.25) is 0 Å². The van der Waals surface area contributed by atoms with Gasteiger partial charge in [-0.3, -0.25) is 4.79 Å². The largest absolute Gasteiger partial charge is 0.368 e. The lowest BCUT2D eigenvalue weighted by atomic mass is 9.91. The molecule has 0 aliphatic rings. The molecule has 1 N–H and O–H groups in total. The molecule has 0 saturated heterocycles. The van der Waals surface area contributed by atoms with Crippen LogP contribution >= 0.6 is 0 Å². The molecule has 0 bridgehead atoms. The summed E-state index contributed by atoms with van der Waals surface area (Å²) in [5.74, 6) is 4.57. The third-order valence-electron chi connectivity index (χ3n) is 2.10. The Morgan fingerprint density at radius 1 is 1.24 bits per heavy atom. The van der Waals surface area contributed by atoms with E-state index in [1.54, 1.807) is 6.92 Å². The fourth-order valence-electron chi connectivity index (χ4n) is 1.22. The molecule has 0 radical (unpaired) electrons. The maximum absolute atomic E-state index is 11.9. The standard InChI is InChI=1S/C13H19NO3/c1-5-8-16-10-13(4,11-17-9-6-2)12(15)14-7-3/h1-2H,7-11H2,3-4H3,(H,14,15). The normalized spacial score (nSPS) is 10.4. The van der Waals surface area contributed by atoms with E-state index in [-0.39, 0.29) is 32.3 Å². The van der Waals surface area contributed by atoms with Crippen molar-refractivity contribution in [3.05, 3.63) is 0 Å². The fraction of sp³-hybridized carbons (Fsp3) is 0.615. The van der Waals surface area contributed by atoms with Gasteiger partial charge in [0.05, 0.1) is 18.6 Å². The lowest BCUT2D eigenvalue weighted by molar-refractivity contribution is -0.137. The van der Waals surface area contributed by atoms with E-state index in [1.165, 1.54) is 0 Å². The molecule has 0 aromatic carbocycles. The summed E-state index contributed by atoms with van der Waals surface area (Å²) < 4.78 is 10.4. The third-order valence-corrected chi connectivity index (χ3v) is 2.10. The molecule has 94 valence electrons. The molecular formula is C13H19NO3. The van der Waals surface area contributed by atoms with Gasteiger partial charge in [-0.2, -0.15) is 0 Å². The molecule has 0 rings (SSSR count). The molecule has 17 heavy (non-hydrogen) atoms. The molecule has 0 aliphatic carbocycles. The first-order valence-corrected chi connectivity index (χ1v) is 5.41. The number of hydrogen-bond acceptors (Lipinski definition) is 3. The molecular weight excluding hydrogens is 218 g/mol. The van der Waals surface area contributed by atoms with Crippen molar-refractivity contribution in [2.75, 3.05) is 33.0 Å². The van der Waals surface area contributed by atoms with Gasteiger partial charge in [0, 0.05) is 6.54 Å². The summed E-state index contributed by atoms with van der Waals surface area (Å²) in [5, 5.41) is 2.74. The van der Waals surface area contributed by atoms with Gasteiger partial charge in [0.15, 0.2) is 0 Å². The Kier molecular flexibility index (Phi) is 7.88. The molecule has 0 unspecified atom stereocenters. The highest BCUT2D eigenvalue weighted by molar-refractivity contribution is 5.82. The Balaban J connectivity index is 4.40. The second-order valence-electron chi connectivity index (χ2n) is 3.81. The second-order valence-corrected chi connectivity index (χ2v) is 3.81. The monoisotopic (exact) mass is 237 g/mol. The van der Waals surface area contributed by atoms with Crippen molar-refractivity contribution in [3.63, 3.8) is 0 Å². The van der Waals surface area contributed by atoms with Gasteiger partial charge in [-0.1, -0.05) is 11.8 Å². The molecule has 0 fully saturated rings. The van der Waals surface area contributed by atoms with Crippen LogP contribution in [-0.4, -0.2) is 38.9 Å². The summed E-state index contributed by atoms with van der Waals surface area (Å²) in [7, 11) is 0. The van der Waals surface area contributed by atoms with Crippen molar-refractivity contribution >= 4 is 5.91 Å². The zero-order valence-corrected chi connectivity index (χ0v) is 10.4. The first kappa shape index (κ1) is 15.5. The first-order valence-electron chi connectivity index (χ1n) is 5.41. The van der Waals surface area contributed by atoms with Gasteiger partial charge in [0.25, 0.3) is 0 Å². The number of hydrogen-bond donors (Lipinski definition) is 1. The molecule has 0 heterocycles. The average Bonchev–Trinajstić information content (AvgIpc) is 2.30. The van der Waals surface area contributed by atoms with Gasteiger partial charge in [-0.25, -0.2) is 0 Å². The lowest BCUT2D eigenvalue weighted by Gasteiger charge is -2.27. The number of carbonyl (C=O) groups excluding carboxylic acids is 1. The zero-order chi connectivity index (χ0) is 13.1. The van der Waals surface area contributed by atoms with E-state index in [4.69, 9.17) is 22.3 Å². The maximum Gasteiger partial charge on any atom is 0.230 e. The van der Waals surface area contributed by atoms with Crippen LogP contribution in [0.4, 0.5) is 0 Å². The van der Waals surface area contributed by atoms with Gasteiger partial charge in [-0.05, 0) is 13.8 Å². The topological polar surface area (TPSA) is 47.6 Å². The molecule has 0 aromatic heterocycles. The van der Waals surface area contributed by atoms with Gasteiger partial charge >= 0.3 is 0 Å². The summed E-state index contributed by atoms with van der Waals surface area (Å²) in [5.41, 5.74) is -0.774.